The van der Waals surface area contributed by atoms with E-state index in [1.54, 1.807) is 19.2 Å². The predicted molar refractivity (Wildman–Crippen MR) is 55.9 cm³/mol. The SMILES string of the molecule is Cc1ccc2nc(Cl)c(C)c(=O)n2c1. The number of hydrogen-bond acceptors (Lipinski definition) is 2. The van der Waals surface area contributed by atoms with Crippen molar-refractivity contribution < 1.29 is 0 Å². The Labute approximate surface area is 86.0 Å². The highest BCUT2D eigenvalue weighted by Gasteiger charge is 2.05. The summed E-state index contributed by atoms with van der Waals surface area (Å²) in [6.45, 7) is 3.60. The van der Waals surface area contributed by atoms with Crippen LogP contribution in [0.2, 0.25) is 5.15 Å². The molecule has 2 heterocycles. The van der Waals surface area contributed by atoms with Gasteiger partial charge in [-0.25, -0.2) is 4.98 Å². The molecule has 3 nitrogen and oxygen atoms in total. The van der Waals surface area contributed by atoms with E-state index >= 15 is 0 Å². The zero-order chi connectivity index (χ0) is 10.3. The number of halogens is 1. The van der Waals surface area contributed by atoms with E-state index in [1.807, 2.05) is 13.0 Å². The summed E-state index contributed by atoms with van der Waals surface area (Å²) in [5.74, 6) is 0. The number of nitrogens with zero attached hydrogens (tertiary/aromatic N) is 2. The molecule has 0 unspecified atom stereocenters. The fourth-order valence-corrected chi connectivity index (χ4v) is 1.47. The summed E-state index contributed by atoms with van der Waals surface area (Å²) in [4.78, 5) is 15.8. The molecule has 0 amide bonds. The first-order valence-corrected chi connectivity index (χ1v) is 4.62. The number of hydrogen-bond donors (Lipinski definition) is 0. The standard InChI is InChI=1S/C10H9ClN2O/c1-6-3-4-8-12-9(11)7(2)10(14)13(8)5-6/h3-5H,1-2H3. The smallest absolute Gasteiger partial charge is 0.262 e. The van der Waals surface area contributed by atoms with Gasteiger partial charge in [-0.15, -0.1) is 0 Å². The molecule has 0 aliphatic heterocycles. The van der Waals surface area contributed by atoms with Gasteiger partial charge in [-0.05, 0) is 25.5 Å². The normalized spacial score (nSPS) is 10.8. The van der Waals surface area contributed by atoms with E-state index in [2.05, 4.69) is 4.98 Å². The minimum Gasteiger partial charge on any atom is -0.269 e. The summed E-state index contributed by atoms with van der Waals surface area (Å²) in [6.07, 6.45) is 1.76. The van der Waals surface area contributed by atoms with Crippen LogP contribution in [0.3, 0.4) is 0 Å². The van der Waals surface area contributed by atoms with Crippen molar-refractivity contribution in [1.29, 1.82) is 0 Å². The van der Waals surface area contributed by atoms with Crippen molar-refractivity contribution in [1.82, 2.24) is 9.38 Å². The fourth-order valence-electron chi connectivity index (χ4n) is 1.31. The molecule has 72 valence electrons. The molecule has 0 spiro atoms. The Morgan fingerprint density at radius 1 is 1.36 bits per heavy atom. The lowest BCUT2D eigenvalue weighted by molar-refractivity contribution is 1.00. The van der Waals surface area contributed by atoms with E-state index in [9.17, 15) is 4.79 Å². The molecule has 0 atom stereocenters. The molecule has 0 aliphatic carbocycles. The van der Waals surface area contributed by atoms with Crippen LogP contribution in [0, 0.1) is 13.8 Å². The second kappa shape index (κ2) is 3.10. The molecule has 0 aliphatic rings. The van der Waals surface area contributed by atoms with Crippen LogP contribution < -0.4 is 5.56 Å². The van der Waals surface area contributed by atoms with E-state index in [-0.39, 0.29) is 10.7 Å². The van der Waals surface area contributed by atoms with Crippen LogP contribution in [0.4, 0.5) is 0 Å². The quantitative estimate of drug-likeness (QED) is 0.621. The molecule has 0 saturated heterocycles. The van der Waals surface area contributed by atoms with Crippen LogP contribution in [0.5, 0.6) is 0 Å². The average Bonchev–Trinajstić information content (AvgIpc) is 2.16. The molecular formula is C10H9ClN2O. The third-order valence-corrected chi connectivity index (χ3v) is 2.50. The van der Waals surface area contributed by atoms with E-state index in [4.69, 9.17) is 11.6 Å². The number of aryl methyl sites for hydroxylation is 1. The van der Waals surface area contributed by atoms with E-state index in [0.717, 1.165) is 5.56 Å². The minimum atomic E-state index is -0.108. The van der Waals surface area contributed by atoms with Crippen molar-refractivity contribution in [3.8, 4) is 0 Å². The Bertz CT molecular complexity index is 560. The van der Waals surface area contributed by atoms with Crippen LogP contribution >= 0.6 is 11.6 Å². The maximum Gasteiger partial charge on any atom is 0.262 e. The summed E-state index contributed by atoms with van der Waals surface area (Å²) in [5, 5.41) is 0.277. The van der Waals surface area contributed by atoms with Gasteiger partial charge in [0.25, 0.3) is 5.56 Å². The maximum atomic E-state index is 11.7. The molecule has 0 fully saturated rings. The number of rotatable bonds is 0. The molecule has 0 saturated carbocycles. The Hall–Kier alpha value is -1.35. The molecular weight excluding hydrogens is 200 g/mol. The topological polar surface area (TPSA) is 34.4 Å². The van der Waals surface area contributed by atoms with Crippen LogP contribution in [0.25, 0.3) is 5.65 Å². The fraction of sp³-hybridized carbons (Fsp3) is 0.200. The molecule has 0 N–H and O–H groups in total. The summed E-state index contributed by atoms with van der Waals surface area (Å²) in [6, 6.07) is 3.68. The maximum absolute atomic E-state index is 11.7. The van der Waals surface area contributed by atoms with Crippen LogP contribution in [0.15, 0.2) is 23.1 Å². The molecule has 2 rings (SSSR count). The highest BCUT2D eigenvalue weighted by molar-refractivity contribution is 6.30. The lowest BCUT2D eigenvalue weighted by Crippen LogP contribution is -2.18. The van der Waals surface area contributed by atoms with Gasteiger partial charge >= 0.3 is 0 Å². The number of fused-ring (bicyclic) bond motifs is 1. The van der Waals surface area contributed by atoms with Gasteiger partial charge in [-0.3, -0.25) is 9.20 Å². The van der Waals surface area contributed by atoms with Crippen LogP contribution in [-0.4, -0.2) is 9.38 Å². The Morgan fingerprint density at radius 2 is 2.07 bits per heavy atom. The highest BCUT2D eigenvalue weighted by Crippen LogP contribution is 2.09. The molecule has 14 heavy (non-hydrogen) atoms. The summed E-state index contributed by atoms with van der Waals surface area (Å²) >= 11 is 5.81. The second-order valence-electron chi connectivity index (χ2n) is 3.27. The van der Waals surface area contributed by atoms with Crippen molar-refractivity contribution in [2.45, 2.75) is 13.8 Å². The third-order valence-electron chi connectivity index (χ3n) is 2.14. The molecule has 2 aromatic rings. The Kier molecular flexibility index (Phi) is 2.04. The zero-order valence-electron chi connectivity index (χ0n) is 7.91. The van der Waals surface area contributed by atoms with Gasteiger partial charge in [0, 0.05) is 6.20 Å². The zero-order valence-corrected chi connectivity index (χ0v) is 8.67. The monoisotopic (exact) mass is 208 g/mol. The van der Waals surface area contributed by atoms with Gasteiger partial charge in [-0.2, -0.15) is 0 Å². The molecule has 2 aromatic heterocycles. The van der Waals surface area contributed by atoms with Crippen molar-refractivity contribution >= 4 is 17.2 Å². The molecule has 0 radical (unpaired) electrons. The van der Waals surface area contributed by atoms with Crippen LogP contribution in [0.1, 0.15) is 11.1 Å². The van der Waals surface area contributed by atoms with E-state index < -0.39 is 0 Å². The average molecular weight is 209 g/mol. The lowest BCUT2D eigenvalue weighted by Gasteiger charge is -2.03. The second-order valence-corrected chi connectivity index (χ2v) is 3.63. The summed E-state index contributed by atoms with van der Waals surface area (Å²) in [5.41, 5.74) is 1.97. The first-order valence-electron chi connectivity index (χ1n) is 4.25. The Morgan fingerprint density at radius 3 is 2.79 bits per heavy atom. The van der Waals surface area contributed by atoms with E-state index in [0.29, 0.717) is 11.2 Å². The largest absolute Gasteiger partial charge is 0.269 e. The van der Waals surface area contributed by atoms with Gasteiger partial charge in [-0.1, -0.05) is 17.7 Å². The predicted octanol–water partition coefficient (Wildman–Crippen LogP) is 1.96. The third kappa shape index (κ3) is 1.30. The number of pyridine rings is 1. The van der Waals surface area contributed by atoms with Crippen molar-refractivity contribution in [2.24, 2.45) is 0 Å². The highest BCUT2D eigenvalue weighted by atomic mass is 35.5. The van der Waals surface area contributed by atoms with Gasteiger partial charge < -0.3 is 0 Å². The molecule has 0 aromatic carbocycles. The van der Waals surface area contributed by atoms with Crippen LogP contribution in [-0.2, 0) is 0 Å². The van der Waals surface area contributed by atoms with Gasteiger partial charge in [0.05, 0.1) is 5.56 Å². The minimum absolute atomic E-state index is 0.108. The molecule has 0 bridgehead atoms. The van der Waals surface area contributed by atoms with E-state index in [1.165, 1.54) is 4.40 Å². The van der Waals surface area contributed by atoms with Gasteiger partial charge in [0.1, 0.15) is 10.8 Å². The first-order chi connectivity index (χ1) is 6.59. The Balaban J connectivity index is 2.99. The molecule has 4 heteroatoms. The van der Waals surface area contributed by atoms with Gasteiger partial charge in [0.2, 0.25) is 0 Å². The summed E-state index contributed by atoms with van der Waals surface area (Å²) < 4.78 is 1.51. The van der Waals surface area contributed by atoms with Crippen molar-refractivity contribution in [3.63, 3.8) is 0 Å². The first kappa shape index (κ1) is 9.21. The van der Waals surface area contributed by atoms with Gasteiger partial charge in [0.15, 0.2) is 0 Å². The summed E-state index contributed by atoms with van der Waals surface area (Å²) in [7, 11) is 0. The lowest BCUT2D eigenvalue weighted by atomic mass is 10.3. The van der Waals surface area contributed by atoms with Crippen molar-refractivity contribution in [3.05, 3.63) is 45.0 Å². The van der Waals surface area contributed by atoms with Crippen molar-refractivity contribution in [2.75, 3.05) is 0 Å². The number of aromatic nitrogens is 2.